The van der Waals surface area contributed by atoms with Gasteiger partial charge in [-0.1, -0.05) is 24.3 Å². The lowest BCUT2D eigenvalue weighted by atomic mass is 9.83. The van der Waals surface area contributed by atoms with Crippen molar-refractivity contribution in [2.75, 3.05) is 26.8 Å². The molecule has 4 rings (SSSR count). The van der Waals surface area contributed by atoms with Crippen molar-refractivity contribution in [1.82, 2.24) is 14.9 Å². The van der Waals surface area contributed by atoms with E-state index in [2.05, 4.69) is 4.98 Å². The van der Waals surface area contributed by atoms with Crippen molar-refractivity contribution in [1.29, 1.82) is 0 Å². The highest BCUT2D eigenvalue weighted by atomic mass is 19.1. The number of nitrogens with zero attached hydrogens (tertiary/aromatic N) is 3. The predicted octanol–water partition coefficient (Wildman–Crippen LogP) is 4.17. The fourth-order valence-corrected chi connectivity index (χ4v) is 3.87. The Bertz CT molecular complexity index is 1120. The molecule has 0 bridgehead atoms. The van der Waals surface area contributed by atoms with Gasteiger partial charge in [0, 0.05) is 12.1 Å². The van der Waals surface area contributed by atoms with Crippen LogP contribution >= 0.6 is 0 Å². The Morgan fingerprint density at radius 1 is 1.19 bits per heavy atom. The number of halogens is 1. The molecular formula is C25H26FN3O3. The van der Waals surface area contributed by atoms with Crippen LogP contribution < -0.4 is 4.74 Å². The highest BCUT2D eigenvalue weighted by Crippen LogP contribution is 2.30. The lowest BCUT2D eigenvalue weighted by molar-refractivity contribution is -0.144. The predicted molar refractivity (Wildman–Crippen MR) is 119 cm³/mol. The minimum atomic E-state index is -0.863. The fraction of sp³-hybridized carbons (Fsp3) is 0.320. The van der Waals surface area contributed by atoms with E-state index in [1.54, 1.807) is 36.5 Å². The molecule has 0 spiro atoms. The van der Waals surface area contributed by atoms with E-state index in [1.807, 2.05) is 38.1 Å². The maximum atomic E-state index is 13.7. The molecule has 1 atom stereocenters. The van der Waals surface area contributed by atoms with Crippen molar-refractivity contribution in [3.63, 3.8) is 0 Å². The SMILES string of the molecule is COc1cccc(-c2cncc(C3CN(C(=O)C(C)(C)c4cccc(F)c4)CCO3)n2)c1. The van der Waals surface area contributed by atoms with Gasteiger partial charge in [0.05, 0.1) is 49.5 Å². The summed E-state index contributed by atoms with van der Waals surface area (Å²) in [7, 11) is 1.62. The molecule has 7 heteroatoms. The molecule has 2 aromatic carbocycles. The zero-order valence-electron chi connectivity index (χ0n) is 18.4. The van der Waals surface area contributed by atoms with Crippen molar-refractivity contribution < 1.29 is 18.7 Å². The highest BCUT2D eigenvalue weighted by molar-refractivity contribution is 5.87. The summed E-state index contributed by atoms with van der Waals surface area (Å²) >= 11 is 0. The van der Waals surface area contributed by atoms with Crippen LogP contribution in [-0.4, -0.2) is 47.6 Å². The molecule has 6 nitrogen and oxygen atoms in total. The number of carbonyl (C=O) groups excluding carboxylic acids is 1. The summed E-state index contributed by atoms with van der Waals surface area (Å²) < 4.78 is 25.0. The van der Waals surface area contributed by atoms with E-state index < -0.39 is 11.5 Å². The summed E-state index contributed by atoms with van der Waals surface area (Å²) in [5.41, 5.74) is 2.03. The van der Waals surface area contributed by atoms with Crippen molar-refractivity contribution in [3.8, 4) is 17.0 Å². The fourth-order valence-electron chi connectivity index (χ4n) is 3.87. The number of hydrogen-bond donors (Lipinski definition) is 0. The van der Waals surface area contributed by atoms with E-state index in [-0.39, 0.29) is 11.7 Å². The molecule has 0 aliphatic carbocycles. The Labute approximate surface area is 187 Å². The minimum Gasteiger partial charge on any atom is -0.497 e. The molecule has 0 radical (unpaired) electrons. The Morgan fingerprint density at radius 3 is 2.78 bits per heavy atom. The molecule has 0 N–H and O–H groups in total. The maximum Gasteiger partial charge on any atom is 0.232 e. The van der Waals surface area contributed by atoms with Gasteiger partial charge in [0.1, 0.15) is 17.7 Å². The first-order valence-electron chi connectivity index (χ1n) is 10.5. The summed E-state index contributed by atoms with van der Waals surface area (Å²) in [6.45, 7) is 4.85. The van der Waals surface area contributed by atoms with Crippen molar-refractivity contribution in [2.24, 2.45) is 0 Å². The van der Waals surface area contributed by atoms with E-state index in [9.17, 15) is 9.18 Å². The van der Waals surface area contributed by atoms with Gasteiger partial charge >= 0.3 is 0 Å². The monoisotopic (exact) mass is 435 g/mol. The summed E-state index contributed by atoms with van der Waals surface area (Å²) in [6, 6.07) is 13.8. The molecule has 1 fully saturated rings. The minimum absolute atomic E-state index is 0.0756. The molecule has 3 aromatic rings. The Kier molecular flexibility index (Phi) is 6.19. The molecule has 166 valence electrons. The van der Waals surface area contributed by atoms with Gasteiger partial charge in [-0.05, 0) is 43.7 Å². The number of benzene rings is 2. The van der Waals surface area contributed by atoms with E-state index in [0.29, 0.717) is 36.6 Å². The van der Waals surface area contributed by atoms with E-state index >= 15 is 0 Å². The Hall–Kier alpha value is -3.32. The van der Waals surface area contributed by atoms with E-state index in [4.69, 9.17) is 14.5 Å². The number of ether oxygens (including phenoxy) is 2. The van der Waals surface area contributed by atoms with Crippen LogP contribution in [0.1, 0.15) is 31.2 Å². The van der Waals surface area contributed by atoms with Gasteiger partial charge in [-0.25, -0.2) is 9.37 Å². The van der Waals surface area contributed by atoms with Gasteiger partial charge in [0.2, 0.25) is 5.91 Å². The first-order chi connectivity index (χ1) is 15.4. The van der Waals surface area contributed by atoms with Gasteiger partial charge in [0.15, 0.2) is 0 Å². The summed E-state index contributed by atoms with van der Waals surface area (Å²) in [5, 5.41) is 0. The second-order valence-corrected chi connectivity index (χ2v) is 8.31. The first kappa shape index (κ1) is 21.9. The van der Waals surface area contributed by atoms with Crippen LogP contribution in [0.3, 0.4) is 0 Å². The zero-order valence-corrected chi connectivity index (χ0v) is 18.4. The largest absolute Gasteiger partial charge is 0.497 e. The molecular weight excluding hydrogens is 409 g/mol. The smallest absolute Gasteiger partial charge is 0.232 e. The average Bonchev–Trinajstić information content (AvgIpc) is 2.83. The molecule has 1 aliphatic rings. The van der Waals surface area contributed by atoms with Crippen LogP contribution in [0.4, 0.5) is 4.39 Å². The number of aromatic nitrogens is 2. The molecule has 1 aromatic heterocycles. The molecule has 1 saturated heterocycles. The van der Waals surface area contributed by atoms with Crippen molar-refractivity contribution in [3.05, 3.63) is 78.0 Å². The molecule has 1 amide bonds. The van der Waals surface area contributed by atoms with Gasteiger partial charge in [0.25, 0.3) is 0 Å². The molecule has 1 aliphatic heterocycles. The topological polar surface area (TPSA) is 64.5 Å². The summed E-state index contributed by atoms with van der Waals surface area (Å²) in [5.74, 6) is 0.307. The molecule has 1 unspecified atom stereocenters. The quantitative estimate of drug-likeness (QED) is 0.602. The van der Waals surface area contributed by atoms with Gasteiger partial charge in [-0.15, -0.1) is 0 Å². The average molecular weight is 435 g/mol. The van der Waals surface area contributed by atoms with Gasteiger partial charge < -0.3 is 14.4 Å². The van der Waals surface area contributed by atoms with Crippen LogP contribution in [0, 0.1) is 5.82 Å². The van der Waals surface area contributed by atoms with Gasteiger partial charge in [-0.2, -0.15) is 0 Å². The van der Waals surface area contributed by atoms with Crippen LogP contribution in [0.15, 0.2) is 60.9 Å². The summed E-state index contributed by atoms with van der Waals surface area (Å²) in [6.07, 6.45) is 2.96. The van der Waals surface area contributed by atoms with E-state index in [1.165, 1.54) is 12.1 Å². The third-order valence-electron chi connectivity index (χ3n) is 5.78. The number of amides is 1. The van der Waals surface area contributed by atoms with Crippen LogP contribution in [0.25, 0.3) is 11.3 Å². The van der Waals surface area contributed by atoms with Crippen molar-refractivity contribution in [2.45, 2.75) is 25.4 Å². The first-order valence-corrected chi connectivity index (χ1v) is 10.5. The Balaban J connectivity index is 1.55. The second kappa shape index (κ2) is 9.04. The lowest BCUT2D eigenvalue weighted by Gasteiger charge is -2.37. The maximum absolute atomic E-state index is 13.7. The second-order valence-electron chi connectivity index (χ2n) is 8.31. The van der Waals surface area contributed by atoms with E-state index in [0.717, 1.165) is 11.3 Å². The van der Waals surface area contributed by atoms with Crippen LogP contribution in [0.2, 0.25) is 0 Å². The lowest BCUT2D eigenvalue weighted by Crippen LogP contribution is -2.49. The van der Waals surface area contributed by atoms with Crippen LogP contribution in [0.5, 0.6) is 5.75 Å². The third kappa shape index (κ3) is 4.48. The number of carbonyl (C=O) groups is 1. The van der Waals surface area contributed by atoms with Crippen LogP contribution in [-0.2, 0) is 14.9 Å². The number of rotatable bonds is 5. The Morgan fingerprint density at radius 2 is 2.00 bits per heavy atom. The normalized spacial score (nSPS) is 16.6. The number of methoxy groups -OCH3 is 1. The molecule has 2 heterocycles. The number of morpholine rings is 1. The standard InChI is InChI=1S/C25H26FN3O3/c1-25(2,18-7-5-8-19(26)13-18)24(30)29-10-11-32-23(16-29)22-15-27-14-21(28-22)17-6-4-9-20(12-17)31-3/h4-9,12-15,23H,10-11,16H2,1-3H3. The summed E-state index contributed by atoms with van der Waals surface area (Å²) in [4.78, 5) is 24.2. The number of hydrogen-bond acceptors (Lipinski definition) is 5. The third-order valence-corrected chi connectivity index (χ3v) is 5.78. The zero-order chi connectivity index (χ0) is 22.7. The molecule has 32 heavy (non-hydrogen) atoms. The highest BCUT2D eigenvalue weighted by Gasteiger charge is 2.37. The van der Waals surface area contributed by atoms with Gasteiger partial charge in [-0.3, -0.25) is 9.78 Å². The van der Waals surface area contributed by atoms with Crippen molar-refractivity contribution >= 4 is 5.91 Å². The molecule has 0 saturated carbocycles.